The lowest BCUT2D eigenvalue weighted by atomic mass is 10.2. The van der Waals surface area contributed by atoms with Crippen molar-refractivity contribution >= 4 is 14.4 Å². The van der Waals surface area contributed by atoms with Gasteiger partial charge in [-0.2, -0.15) is 0 Å². The summed E-state index contributed by atoms with van der Waals surface area (Å²) in [5, 5.41) is 0. The van der Waals surface area contributed by atoms with Gasteiger partial charge in [-0.15, -0.1) is 0 Å². The summed E-state index contributed by atoms with van der Waals surface area (Å²) in [6, 6.07) is 16.3. The lowest BCUT2D eigenvalue weighted by molar-refractivity contribution is 0.680. The van der Waals surface area contributed by atoms with Crippen LogP contribution in [0.2, 0.25) is 0 Å². The molecule has 19 heavy (non-hydrogen) atoms. The molecule has 0 atom stereocenters. The van der Waals surface area contributed by atoms with Gasteiger partial charge in [-0.3, -0.25) is 4.21 Å². The summed E-state index contributed by atoms with van der Waals surface area (Å²) in [6.07, 6.45) is 2.00. The first-order chi connectivity index (χ1) is 9.10. The van der Waals surface area contributed by atoms with Gasteiger partial charge in [-0.25, -0.2) is 0 Å². The third-order valence-corrected chi connectivity index (χ3v) is 6.66. The van der Waals surface area contributed by atoms with Crippen molar-refractivity contribution in [2.45, 2.75) is 36.5 Å². The maximum absolute atomic E-state index is 13.5. The molecule has 0 spiro atoms. The molecule has 0 aliphatic heterocycles. The summed E-state index contributed by atoms with van der Waals surface area (Å²) < 4.78 is 13.5. The van der Waals surface area contributed by atoms with Crippen molar-refractivity contribution in [3.05, 3.63) is 59.7 Å². The van der Waals surface area contributed by atoms with E-state index in [2.05, 4.69) is 13.8 Å². The number of hydrogen-bond donors (Lipinski definition) is 0. The summed E-state index contributed by atoms with van der Waals surface area (Å²) >= 11 is 0. The Kier molecular flexibility index (Phi) is 2.98. The lowest BCUT2D eigenvalue weighted by Crippen LogP contribution is -2.06. The molecule has 1 aliphatic rings. The zero-order chi connectivity index (χ0) is 13.5. The molecule has 0 bridgehead atoms. The predicted molar refractivity (Wildman–Crippen MR) is 81.3 cm³/mol. The van der Waals surface area contributed by atoms with E-state index in [1.807, 2.05) is 48.5 Å². The van der Waals surface area contributed by atoms with Crippen LogP contribution >= 0.6 is 0 Å². The number of rotatable bonds is 2. The number of aryl methyl sites for hydroxylation is 2. The molecule has 1 fully saturated rings. The van der Waals surface area contributed by atoms with E-state index < -0.39 is 9.52 Å². The molecule has 1 aliphatic carbocycles. The van der Waals surface area contributed by atoms with Crippen molar-refractivity contribution in [2.75, 3.05) is 0 Å². The largest absolute Gasteiger partial charge is 0.258 e. The van der Waals surface area contributed by atoms with Crippen molar-refractivity contribution in [1.29, 1.82) is 0 Å². The highest BCUT2D eigenvalue weighted by Crippen LogP contribution is 2.31. The SMILES string of the molecule is Cc1ccc(S(=O)(=C2CC2)c2ccc(C)cc2)cc1. The fraction of sp³-hybridized carbons (Fsp3) is 0.235. The molecule has 0 unspecified atom stereocenters. The van der Waals surface area contributed by atoms with Gasteiger partial charge in [0.15, 0.2) is 0 Å². The Morgan fingerprint density at radius 3 is 1.42 bits per heavy atom. The van der Waals surface area contributed by atoms with Crippen molar-refractivity contribution in [1.82, 2.24) is 0 Å². The van der Waals surface area contributed by atoms with E-state index >= 15 is 0 Å². The molecule has 2 aromatic carbocycles. The predicted octanol–water partition coefficient (Wildman–Crippen LogP) is 3.97. The van der Waals surface area contributed by atoms with Gasteiger partial charge in [0.25, 0.3) is 0 Å². The van der Waals surface area contributed by atoms with Crippen molar-refractivity contribution < 1.29 is 4.21 Å². The second kappa shape index (κ2) is 4.53. The Morgan fingerprint density at radius 1 is 0.737 bits per heavy atom. The Morgan fingerprint density at radius 2 is 1.11 bits per heavy atom. The van der Waals surface area contributed by atoms with Crippen LogP contribution in [0.5, 0.6) is 0 Å². The Hall–Kier alpha value is -1.54. The third kappa shape index (κ3) is 2.21. The quantitative estimate of drug-likeness (QED) is 0.755. The van der Waals surface area contributed by atoms with Crippen LogP contribution in [0.3, 0.4) is 0 Å². The fourth-order valence-electron chi connectivity index (χ4n) is 2.27. The summed E-state index contributed by atoms with van der Waals surface area (Å²) in [4.78, 5) is 3.10. The van der Waals surface area contributed by atoms with Crippen LogP contribution in [0.4, 0.5) is 0 Å². The molecule has 1 nitrogen and oxygen atoms in total. The van der Waals surface area contributed by atoms with E-state index in [0.717, 1.165) is 22.6 Å². The topological polar surface area (TPSA) is 17.1 Å². The van der Waals surface area contributed by atoms with E-state index in [-0.39, 0.29) is 0 Å². The van der Waals surface area contributed by atoms with Crippen molar-refractivity contribution in [2.24, 2.45) is 0 Å². The second-order valence-corrected chi connectivity index (χ2v) is 7.85. The fourth-order valence-corrected chi connectivity index (χ4v) is 4.92. The van der Waals surface area contributed by atoms with Gasteiger partial charge in [0.05, 0.1) is 0 Å². The molecule has 0 N–H and O–H groups in total. The Bertz CT molecular complexity index is 657. The van der Waals surface area contributed by atoms with Crippen LogP contribution in [-0.4, -0.2) is 9.07 Å². The molecule has 0 heterocycles. The number of benzene rings is 2. The lowest BCUT2D eigenvalue weighted by Gasteiger charge is -2.12. The van der Waals surface area contributed by atoms with Gasteiger partial charge in [0, 0.05) is 19.3 Å². The van der Waals surface area contributed by atoms with Crippen molar-refractivity contribution in [3.8, 4) is 0 Å². The zero-order valence-electron chi connectivity index (χ0n) is 11.3. The minimum absolute atomic E-state index is 0.953. The minimum Gasteiger partial charge on any atom is -0.258 e. The van der Waals surface area contributed by atoms with Gasteiger partial charge in [-0.1, -0.05) is 35.4 Å². The zero-order valence-corrected chi connectivity index (χ0v) is 12.2. The van der Waals surface area contributed by atoms with Crippen LogP contribution in [0.25, 0.3) is 0 Å². The van der Waals surface area contributed by atoms with E-state index in [0.29, 0.717) is 0 Å². The van der Waals surface area contributed by atoms with Crippen LogP contribution in [0.15, 0.2) is 58.3 Å². The molecule has 0 amide bonds. The van der Waals surface area contributed by atoms with Gasteiger partial charge >= 0.3 is 0 Å². The van der Waals surface area contributed by atoms with E-state index in [1.54, 1.807) is 0 Å². The van der Waals surface area contributed by atoms with Gasteiger partial charge in [0.2, 0.25) is 0 Å². The molecule has 2 heteroatoms. The molecule has 98 valence electrons. The molecule has 1 saturated carbocycles. The normalized spacial score (nSPS) is 14.5. The highest BCUT2D eigenvalue weighted by atomic mass is 32.2. The maximum atomic E-state index is 13.5. The number of hydrogen-bond acceptors (Lipinski definition) is 1. The Balaban J connectivity index is 2.22. The van der Waals surface area contributed by atoms with Crippen LogP contribution in [0.1, 0.15) is 24.0 Å². The van der Waals surface area contributed by atoms with Crippen LogP contribution in [-0.2, 0) is 9.52 Å². The second-order valence-electron chi connectivity index (χ2n) is 5.22. The van der Waals surface area contributed by atoms with Crippen molar-refractivity contribution in [3.63, 3.8) is 0 Å². The summed E-state index contributed by atoms with van der Waals surface area (Å²) in [6.45, 7) is 4.11. The minimum atomic E-state index is -2.17. The first kappa shape index (κ1) is 12.5. The first-order valence-electron chi connectivity index (χ1n) is 6.63. The molecular weight excluding hydrogens is 252 g/mol. The summed E-state index contributed by atoms with van der Waals surface area (Å²) in [7, 11) is -2.17. The highest BCUT2D eigenvalue weighted by molar-refractivity contribution is 8.03. The molecule has 2 aromatic rings. The molecular formula is C17H18OS. The smallest absolute Gasteiger partial charge is 0.0355 e. The van der Waals surface area contributed by atoms with E-state index in [9.17, 15) is 4.21 Å². The summed E-state index contributed by atoms with van der Waals surface area (Å²) in [5.74, 6) is 0. The van der Waals surface area contributed by atoms with Gasteiger partial charge < -0.3 is 0 Å². The first-order valence-corrected chi connectivity index (χ1v) is 8.19. The molecule has 0 saturated heterocycles. The maximum Gasteiger partial charge on any atom is 0.0355 e. The Labute approximate surface area is 115 Å². The average molecular weight is 270 g/mol. The van der Waals surface area contributed by atoms with E-state index in [4.69, 9.17) is 0 Å². The molecule has 0 radical (unpaired) electrons. The monoisotopic (exact) mass is 270 g/mol. The van der Waals surface area contributed by atoms with Crippen LogP contribution in [0, 0.1) is 13.8 Å². The molecule has 0 aromatic heterocycles. The third-order valence-electron chi connectivity index (χ3n) is 3.57. The van der Waals surface area contributed by atoms with Gasteiger partial charge in [-0.05, 0) is 55.8 Å². The highest BCUT2D eigenvalue weighted by Gasteiger charge is 2.27. The van der Waals surface area contributed by atoms with Crippen LogP contribution < -0.4 is 0 Å². The standard InChI is InChI=1S/C17H18OS/c1-13-3-7-15(8-4-13)19(18,17-11-12-17)16-9-5-14(2)6-10-16/h3-10H,11-12H2,1-2H3. The van der Waals surface area contributed by atoms with E-state index in [1.165, 1.54) is 16.0 Å². The average Bonchev–Trinajstić information content (AvgIpc) is 3.24. The summed E-state index contributed by atoms with van der Waals surface area (Å²) in [5.41, 5.74) is 2.41. The molecule has 3 rings (SSSR count). The van der Waals surface area contributed by atoms with Gasteiger partial charge in [0.1, 0.15) is 0 Å².